The van der Waals surface area contributed by atoms with Crippen molar-refractivity contribution in [3.05, 3.63) is 121 Å². The number of halogens is 2. The number of rotatable bonds is 14. The molecular formula is C51H57I2N3O14ReRfS2-2. The molecule has 17 nitrogen and oxygen atoms in total. The molecule has 4 aromatic rings. The molecule has 2 saturated heterocycles. The summed E-state index contributed by atoms with van der Waals surface area (Å²) in [6.45, 7) is 16.4. The predicted octanol–water partition coefficient (Wildman–Crippen LogP) is 6.37. The molecule has 8 rings (SSSR count). The van der Waals surface area contributed by atoms with E-state index in [9.17, 15) is 39.2 Å². The van der Waals surface area contributed by atoms with Gasteiger partial charge < -0.3 is 33.6 Å². The number of ether oxygens (including phenoxy) is 5. The minimum atomic E-state index is -1.09. The number of esters is 1. The monoisotopic (exact) mass is 1710 g/mol. The van der Waals surface area contributed by atoms with Crippen molar-refractivity contribution >= 4 is 70.4 Å². The van der Waals surface area contributed by atoms with Crippen molar-refractivity contribution < 1.29 is 100 Å². The number of nitrogens with one attached hydrogen (secondary N) is 2. The summed E-state index contributed by atoms with van der Waals surface area (Å²) in [5.74, 6) is 2.17. The van der Waals surface area contributed by atoms with Crippen molar-refractivity contribution in [1.82, 2.24) is 10.6 Å². The van der Waals surface area contributed by atoms with Gasteiger partial charge in [-0.15, -0.1) is 16.7 Å². The van der Waals surface area contributed by atoms with Gasteiger partial charge in [0.05, 0.1) is 10.5 Å². The number of phenols is 1. The molecule has 4 aliphatic rings. The van der Waals surface area contributed by atoms with E-state index >= 15 is 0 Å². The van der Waals surface area contributed by atoms with Crippen LogP contribution >= 0.6 is 42.1 Å². The summed E-state index contributed by atoms with van der Waals surface area (Å²) in [4.78, 5) is 74.7. The quantitative estimate of drug-likeness (QED) is 0.0237. The number of alkyl halides is 1. The number of carbonyl (C=O) groups excluding carboxylic acids is 5. The summed E-state index contributed by atoms with van der Waals surface area (Å²) in [6.07, 6.45) is 3.88. The molecule has 23 heteroatoms. The number of imide groups is 2. The topological polar surface area (TPSA) is 228 Å². The third kappa shape index (κ3) is 15.1. The van der Waals surface area contributed by atoms with Crippen molar-refractivity contribution in [2.24, 2.45) is 0 Å². The third-order valence-electron chi connectivity index (χ3n) is 12.9. The second kappa shape index (κ2) is 26.3. The zero-order valence-electron chi connectivity index (χ0n) is 42.4. The zero-order valence-corrected chi connectivity index (χ0v) is 57.4. The van der Waals surface area contributed by atoms with Crippen LogP contribution in [0.3, 0.4) is 0 Å². The van der Waals surface area contributed by atoms with Crippen molar-refractivity contribution in [3.63, 3.8) is 0 Å². The average Bonchev–Trinajstić information content (AvgIpc) is 3.85. The number of phenolic OH excluding ortho intramolecular Hbond substituents is 1. The maximum atomic E-state index is 12.0. The summed E-state index contributed by atoms with van der Waals surface area (Å²) in [7, 11) is 0. The molecule has 0 spiro atoms. The molecule has 0 bridgehead atoms. The van der Waals surface area contributed by atoms with Crippen molar-refractivity contribution in [1.29, 1.82) is 0 Å². The van der Waals surface area contributed by atoms with Gasteiger partial charge in [0, 0.05) is 31.5 Å². The Morgan fingerprint density at radius 1 is 0.757 bits per heavy atom. The van der Waals surface area contributed by atoms with Gasteiger partial charge in [-0.05, 0) is 163 Å². The van der Waals surface area contributed by atoms with Crippen LogP contribution in [0.25, 0.3) is 0 Å². The Morgan fingerprint density at radius 3 is 1.55 bits per heavy atom. The Bertz CT molecular complexity index is 2760. The largest absolute Gasteiger partial charge is 0.507 e. The first-order chi connectivity index (χ1) is 34.0. The molecule has 3 N–H and O–H groups in total. The van der Waals surface area contributed by atoms with Gasteiger partial charge in [-0.2, -0.15) is 0 Å². The molecule has 4 unspecified atom stereocenters. The number of fused-ring (bicyclic) bond motifs is 2. The van der Waals surface area contributed by atoms with E-state index in [2.05, 4.69) is 39.0 Å². The molecule has 1 radical (unpaired) electrons. The second-order valence-corrected chi connectivity index (χ2v) is 26.8. The predicted molar refractivity (Wildman–Crippen MR) is 277 cm³/mol. The van der Waals surface area contributed by atoms with E-state index in [4.69, 9.17) is 23.7 Å². The van der Waals surface area contributed by atoms with Crippen LogP contribution in [0.2, 0.25) is 0 Å². The molecule has 4 amide bonds. The first-order valence-electron chi connectivity index (χ1n) is 22.8. The molecule has 4 atom stereocenters. The van der Waals surface area contributed by atoms with E-state index in [1.807, 2.05) is 97.0 Å². The van der Waals surface area contributed by atoms with E-state index < -0.39 is 27.5 Å². The van der Waals surface area contributed by atoms with Gasteiger partial charge in [0.2, 0.25) is 11.8 Å². The SMILES string of the molecule is C[I-]I.Cc1c(C)c2c(c(C)c1O)CCC(C)(COc1ccc(CC3SC(=O)NC3=O)cc1)O2.Cc1c(C)c2c(c(C)c1OC(=O)[CH-]O[N+](=O)[O-])CCC(C)(COc1ccc(CC3SC(=O)NC3=O)cc1)O2.[Re].[Rf]. The maximum Gasteiger partial charge on any atom is 0.286 e. The van der Waals surface area contributed by atoms with Crippen LogP contribution in [0.15, 0.2) is 48.5 Å². The number of hydrogen-bond donors (Lipinski definition) is 3. The van der Waals surface area contributed by atoms with E-state index in [0.29, 0.717) is 91.3 Å². The van der Waals surface area contributed by atoms with E-state index in [0.717, 1.165) is 97.9 Å². The third-order valence-corrected chi connectivity index (χ3v) is 14.9. The molecule has 2 fully saturated rings. The van der Waals surface area contributed by atoms with E-state index in [1.165, 1.54) is 0 Å². The van der Waals surface area contributed by atoms with Gasteiger partial charge >= 0.3 is 40.8 Å². The van der Waals surface area contributed by atoms with Gasteiger partial charge in [-0.25, -0.2) is 0 Å². The van der Waals surface area contributed by atoms with Crippen LogP contribution in [0.4, 0.5) is 9.59 Å². The smallest absolute Gasteiger partial charge is 0.286 e. The molecule has 74 heavy (non-hydrogen) atoms. The summed E-state index contributed by atoms with van der Waals surface area (Å²) < 4.78 is 30.3. The van der Waals surface area contributed by atoms with Crippen LogP contribution in [-0.4, -0.2) is 78.3 Å². The molecular weight excluding hydrogens is 1650 g/mol. The number of hydrogen-bond acceptors (Lipinski definition) is 16. The number of nitrogens with zero attached hydrogens (tertiary/aromatic N) is 1. The van der Waals surface area contributed by atoms with Crippen molar-refractivity contribution in [2.45, 2.75) is 116 Å². The fraction of sp³-hybridized carbons (Fsp3) is 0.412. The molecule has 0 aromatic heterocycles. The van der Waals surface area contributed by atoms with Gasteiger partial charge in [0.25, 0.3) is 15.6 Å². The van der Waals surface area contributed by atoms with Crippen molar-refractivity contribution in [2.75, 3.05) is 18.1 Å². The van der Waals surface area contributed by atoms with Gasteiger partial charge in [0.15, 0.2) is 5.97 Å². The van der Waals surface area contributed by atoms with Crippen LogP contribution in [-0.2, 0) is 65.3 Å². The standard InChI is InChI=1S/C26H27N2O9S.C24H27NO5S.CH3I2.Re.Rf/c1-14-15(2)23-19(16(3)22(14)36-21(29)12-35-28(32)33)9-10-26(4,37-23)13-34-18-7-5-17(6-8-18)11-20-24(30)27-25(31)38-20;1-13-14(2)21-18(15(3)20(13)26)9-10-24(4,30-21)12-29-17-7-5-16(6-8-17)11-19-22(27)25-23(28)31-19;1-3-2;;/h5-8,12,20H,9-11,13H2,1-4H3,(H,27,30,31);5-8,19,26H,9-12H2,1-4H3,(H,25,27,28);1H3;;/q-1;;-1;;. The van der Waals surface area contributed by atoms with Crippen LogP contribution in [0.1, 0.15) is 82.3 Å². The molecule has 4 aliphatic heterocycles. The number of thioether (sulfide) groups is 2. The minimum absolute atomic E-state index is 0. The summed E-state index contributed by atoms with van der Waals surface area (Å²) in [5, 5.41) is 22.8. The fourth-order valence-electron chi connectivity index (χ4n) is 8.54. The second-order valence-electron chi connectivity index (χ2n) is 18.2. The summed E-state index contributed by atoms with van der Waals surface area (Å²) in [6, 6.07) is 15.0. The molecule has 4 aromatic carbocycles. The van der Waals surface area contributed by atoms with Crippen LogP contribution < -0.4 is 51.5 Å². The maximum absolute atomic E-state index is 12.0. The molecule has 4 heterocycles. The normalized spacial score (nSPS) is 20.1. The Morgan fingerprint density at radius 2 is 1.16 bits per heavy atom. The number of aromatic hydroxyl groups is 1. The van der Waals surface area contributed by atoms with E-state index in [1.54, 1.807) is 6.92 Å². The fourth-order valence-corrected chi connectivity index (χ4v) is 10.3. The van der Waals surface area contributed by atoms with E-state index in [-0.39, 0.29) is 48.0 Å². The van der Waals surface area contributed by atoms with Crippen molar-refractivity contribution in [3.8, 4) is 34.5 Å². The molecule has 397 valence electrons. The zero-order chi connectivity index (χ0) is 52.7. The van der Waals surface area contributed by atoms with Gasteiger partial charge in [-0.3, -0.25) is 34.6 Å². The average molecular weight is 1710 g/mol. The van der Waals surface area contributed by atoms with Gasteiger partial charge in [0.1, 0.15) is 58.9 Å². The first kappa shape index (κ1) is 61.1. The molecule has 0 aliphatic carbocycles. The number of benzene rings is 4. The summed E-state index contributed by atoms with van der Waals surface area (Å²) >= 11 is 5.00. The van der Waals surface area contributed by atoms with Gasteiger partial charge in [-0.1, -0.05) is 47.8 Å². The number of amides is 4. The number of carbonyl (C=O) groups is 5. The Balaban J connectivity index is 0.000000301. The Labute approximate surface area is 466 Å². The molecule has 0 saturated carbocycles. The van der Waals surface area contributed by atoms with Crippen LogP contribution in [0, 0.1) is 58.3 Å². The summed E-state index contributed by atoms with van der Waals surface area (Å²) in [5.41, 5.74) is 7.73. The Kier molecular flexibility index (Phi) is 21.7. The first-order valence-corrected chi connectivity index (χ1v) is 33.0. The Hall–Kier alpha value is -5.48. The minimum Gasteiger partial charge on any atom is -0.507 e. The van der Waals surface area contributed by atoms with Crippen LogP contribution in [0.5, 0.6) is 34.5 Å².